The van der Waals surface area contributed by atoms with Crippen LogP contribution in [0.3, 0.4) is 0 Å². The average molecular weight is 405 g/mol. The maximum absolute atomic E-state index is 13.1. The van der Waals surface area contributed by atoms with Crippen LogP contribution in [0, 0.1) is 0 Å². The lowest BCUT2D eigenvalue weighted by Gasteiger charge is -2.14. The van der Waals surface area contributed by atoms with Crippen LogP contribution < -0.4 is 16.4 Å². The van der Waals surface area contributed by atoms with Crippen LogP contribution in [0.15, 0.2) is 52.8 Å². The molecule has 154 valence electrons. The highest BCUT2D eigenvalue weighted by molar-refractivity contribution is 5.61. The zero-order valence-electron chi connectivity index (χ0n) is 16.2. The number of anilines is 3. The quantitative estimate of drug-likeness (QED) is 0.466. The highest BCUT2D eigenvalue weighted by atomic mass is 19.4. The van der Waals surface area contributed by atoms with Gasteiger partial charge in [0.2, 0.25) is 0 Å². The SMILES string of the molecule is C=N/C=C(\C=C(/C)Nc1cc(NC(C)C)nc(-c2cccc(N)n2)n1)C(F)(F)F. The number of nitrogens with two attached hydrogens (primary N) is 1. The number of hydrogen-bond donors (Lipinski definition) is 3. The molecule has 7 nitrogen and oxygen atoms in total. The number of aromatic nitrogens is 3. The van der Waals surface area contributed by atoms with Crippen molar-refractivity contribution in [3.8, 4) is 11.5 Å². The Hall–Kier alpha value is -3.43. The molecule has 29 heavy (non-hydrogen) atoms. The Kier molecular flexibility index (Phi) is 6.92. The van der Waals surface area contributed by atoms with E-state index in [2.05, 4.69) is 37.3 Å². The molecule has 4 N–H and O–H groups in total. The summed E-state index contributed by atoms with van der Waals surface area (Å²) in [6.45, 7) is 8.42. The number of aliphatic imine (C=N–C) groups is 1. The Morgan fingerprint density at radius 3 is 2.48 bits per heavy atom. The molecule has 0 spiro atoms. The number of nitrogens with one attached hydrogen (secondary N) is 2. The van der Waals surface area contributed by atoms with Crippen LogP contribution in [0.1, 0.15) is 20.8 Å². The molecule has 2 rings (SSSR count). The predicted octanol–water partition coefficient (Wildman–Crippen LogP) is 4.40. The summed E-state index contributed by atoms with van der Waals surface area (Å²) in [5, 5.41) is 5.99. The Labute approximate surface area is 166 Å². The monoisotopic (exact) mass is 405 g/mol. The van der Waals surface area contributed by atoms with Gasteiger partial charge in [-0.2, -0.15) is 13.2 Å². The molecule has 0 aromatic carbocycles. The van der Waals surface area contributed by atoms with Crippen LogP contribution in [-0.2, 0) is 0 Å². The predicted molar refractivity (Wildman–Crippen MR) is 110 cm³/mol. The summed E-state index contributed by atoms with van der Waals surface area (Å²) in [6, 6.07) is 6.71. The number of halogens is 3. The van der Waals surface area contributed by atoms with Crippen LogP contribution in [0.4, 0.5) is 30.6 Å². The number of rotatable bonds is 7. The van der Waals surface area contributed by atoms with Gasteiger partial charge in [-0.05, 0) is 45.7 Å². The van der Waals surface area contributed by atoms with E-state index in [1.165, 1.54) is 6.92 Å². The van der Waals surface area contributed by atoms with E-state index in [0.29, 0.717) is 29.3 Å². The summed E-state index contributed by atoms with van der Waals surface area (Å²) in [6.07, 6.45) is -2.99. The van der Waals surface area contributed by atoms with Crippen LogP contribution in [0.2, 0.25) is 0 Å². The third-order valence-corrected chi connectivity index (χ3v) is 3.42. The Morgan fingerprint density at radius 1 is 1.21 bits per heavy atom. The first-order chi connectivity index (χ1) is 13.6. The summed E-state index contributed by atoms with van der Waals surface area (Å²) in [5.74, 6) is 1.36. The molecule has 0 bridgehead atoms. The molecule has 0 amide bonds. The van der Waals surface area contributed by atoms with Gasteiger partial charge in [0.25, 0.3) is 0 Å². The molecule has 10 heteroatoms. The largest absolute Gasteiger partial charge is 0.417 e. The maximum Gasteiger partial charge on any atom is 0.417 e. The number of allylic oxidation sites excluding steroid dienone is 3. The van der Waals surface area contributed by atoms with E-state index in [1.54, 1.807) is 24.3 Å². The van der Waals surface area contributed by atoms with Crippen molar-refractivity contribution in [2.75, 3.05) is 16.4 Å². The second-order valence-electron chi connectivity index (χ2n) is 6.43. The van der Waals surface area contributed by atoms with E-state index in [9.17, 15) is 13.2 Å². The maximum atomic E-state index is 13.1. The van der Waals surface area contributed by atoms with E-state index >= 15 is 0 Å². The lowest BCUT2D eigenvalue weighted by atomic mass is 10.2. The van der Waals surface area contributed by atoms with Crippen LogP contribution in [0.25, 0.3) is 11.5 Å². The van der Waals surface area contributed by atoms with Crippen molar-refractivity contribution < 1.29 is 13.2 Å². The third-order valence-electron chi connectivity index (χ3n) is 3.42. The summed E-state index contributed by atoms with van der Waals surface area (Å²) < 4.78 is 39.2. The van der Waals surface area contributed by atoms with E-state index in [0.717, 1.165) is 6.08 Å². The number of nitrogen functional groups attached to an aromatic ring is 1. The average Bonchev–Trinajstić information content (AvgIpc) is 2.59. The van der Waals surface area contributed by atoms with Crippen molar-refractivity contribution >= 4 is 24.2 Å². The van der Waals surface area contributed by atoms with Gasteiger partial charge < -0.3 is 16.4 Å². The van der Waals surface area contributed by atoms with Crippen molar-refractivity contribution in [1.82, 2.24) is 15.0 Å². The summed E-state index contributed by atoms with van der Waals surface area (Å²) in [4.78, 5) is 16.2. The lowest BCUT2D eigenvalue weighted by Crippen LogP contribution is -2.13. The first-order valence-corrected chi connectivity index (χ1v) is 8.65. The zero-order valence-corrected chi connectivity index (χ0v) is 16.2. The van der Waals surface area contributed by atoms with Gasteiger partial charge in [-0.15, -0.1) is 0 Å². The minimum Gasteiger partial charge on any atom is -0.384 e. The summed E-state index contributed by atoms with van der Waals surface area (Å²) in [5.41, 5.74) is 5.43. The molecule has 0 saturated carbocycles. The molecular formula is C19H22F3N7. The van der Waals surface area contributed by atoms with Crippen LogP contribution in [-0.4, -0.2) is 33.9 Å². The minimum absolute atomic E-state index is 0.0782. The molecule has 2 aromatic heterocycles. The van der Waals surface area contributed by atoms with Crippen molar-refractivity contribution in [1.29, 1.82) is 0 Å². The van der Waals surface area contributed by atoms with Crippen LogP contribution in [0.5, 0.6) is 0 Å². The Morgan fingerprint density at radius 2 is 1.90 bits per heavy atom. The van der Waals surface area contributed by atoms with E-state index < -0.39 is 11.7 Å². The normalized spacial score (nSPS) is 12.8. The zero-order chi connectivity index (χ0) is 21.6. The molecule has 0 fully saturated rings. The van der Waals surface area contributed by atoms with Gasteiger partial charge in [0.05, 0.1) is 5.57 Å². The fourth-order valence-corrected chi connectivity index (χ4v) is 2.33. The van der Waals surface area contributed by atoms with E-state index in [1.807, 2.05) is 13.8 Å². The Balaban J connectivity index is 2.43. The van der Waals surface area contributed by atoms with Crippen molar-refractivity contribution in [2.45, 2.75) is 33.0 Å². The minimum atomic E-state index is -4.56. The van der Waals surface area contributed by atoms with Crippen molar-refractivity contribution in [3.63, 3.8) is 0 Å². The molecular weight excluding hydrogens is 383 g/mol. The highest BCUT2D eigenvalue weighted by Crippen LogP contribution is 2.28. The van der Waals surface area contributed by atoms with Crippen LogP contribution >= 0.6 is 0 Å². The van der Waals surface area contributed by atoms with Gasteiger partial charge in [-0.3, -0.25) is 4.99 Å². The molecule has 0 radical (unpaired) electrons. The van der Waals surface area contributed by atoms with E-state index in [-0.39, 0.29) is 17.6 Å². The topological polar surface area (TPSA) is 101 Å². The molecule has 0 saturated heterocycles. The van der Waals surface area contributed by atoms with E-state index in [4.69, 9.17) is 5.73 Å². The molecule has 0 aliphatic carbocycles. The number of nitrogens with zero attached hydrogens (tertiary/aromatic N) is 4. The fourth-order valence-electron chi connectivity index (χ4n) is 2.33. The highest BCUT2D eigenvalue weighted by Gasteiger charge is 2.32. The second kappa shape index (κ2) is 9.18. The molecule has 0 aliphatic rings. The first-order valence-electron chi connectivity index (χ1n) is 8.65. The molecule has 0 aliphatic heterocycles. The second-order valence-corrected chi connectivity index (χ2v) is 6.43. The van der Waals surface area contributed by atoms with Gasteiger partial charge in [-0.25, -0.2) is 15.0 Å². The van der Waals surface area contributed by atoms with Crippen molar-refractivity contribution in [2.24, 2.45) is 4.99 Å². The third kappa shape index (κ3) is 6.59. The smallest absolute Gasteiger partial charge is 0.384 e. The Bertz CT molecular complexity index is 934. The van der Waals surface area contributed by atoms with Gasteiger partial charge in [0.15, 0.2) is 5.82 Å². The standard InChI is InChI=1S/C19H22F3N7/c1-11(2)25-16-9-17(26-12(3)8-13(10-24-4)19(20,21)22)29-18(28-16)14-6-5-7-15(23)27-14/h5-11H,4H2,1-3H3,(H2,23,27)(H2,25,26,28,29)/b12-8+,13-10+. The molecule has 2 heterocycles. The van der Waals surface area contributed by atoms with Crippen molar-refractivity contribution in [3.05, 3.63) is 47.8 Å². The molecule has 2 aromatic rings. The molecule has 0 unspecified atom stereocenters. The lowest BCUT2D eigenvalue weighted by molar-refractivity contribution is -0.0884. The first kappa shape index (κ1) is 21.9. The summed E-state index contributed by atoms with van der Waals surface area (Å²) >= 11 is 0. The number of hydrogen-bond acceptors (Lipinski definition) is 7. The van der Waals surface area contributed by atoms with Gasteiger partial charge in [-0.1, -0.05) is 6.07 Å². The van der Waals surface area contributed by atoms with Gasteiger partial charge >= 0.3 is 6.18 Å². The number of alkyl halides is 3. The summed E-state index contributed by atoms with van der Waals surface area (Å²) in [7, 11) is 0. The number of pyridine rings is 1. The molecule has 0 atom stereocenters. The van der Waals surface area contributed by atoms with Gasteiger partial charge in [0, 0.05) is 24.0 Å². The van der Waals surface area contributed by atoms with Gasteiger partial charge in [0.1, 0.15) is 23.1 Å². The fraction of sp³-hybridized carbons (Fsp3) is 0.263.